The molecule has 0 aliphatic carbocycles. The summed E-state index contributed by atoms with van der Waals surface area (Å²) in [5.74, 6) is 1.06. The van der Waals surface area contributed by atoms with Gasteiger partial charge in [-0.2, -0.15) is 6.07 Å². The summed E-state index contributed by atoms with van der Waals surface area (Å²) in [6.07, 6.45) is 6.78. The van der Waals surface area contributed by atoms with Crippen LogP contribution in [0.4, 0.5) is 11.4 Å². The fourth-order valence-electron chi connectivity index (χ4n) is 4.34. The van der Waals surface area contributed by atoms with Crippen molar-refractivity contribution in [1.82, 2.24) is 14.5 Å². The van der Waals surface area contributed by atoms with Crippen LogP contribution in [0.1, 0.15) is 11.1 Å². The second kappa shape index (κ2) is 11.6. The van der Waals surface area contributed by atoms with Gasteiger partial charge in [0, 0.05) is 50.8 Å². The molecule has 37 heavy (non-hydrogen) atoms. The van der Waals surface area contributed by atoms with Crippen LogP contribution in [-0.2, 0) is 33.1 Å². The number of rotatable bonds is 2. The van der Waals surface area contributed by atoms with E-state index >= 15 is 0 Å². The van der Waals surface area contributed by atoms with Gasteiger partial charge >= 0.3 is 0 Å². The van der Waals surface area contributed by atoms with Gasteiger partial charge in [-0.1, -0.05) is 42.0 Å². The Kier molecular flexibility index (Phi) is 8.06. The van der Waals surface area contributed by atoms with Crippen molar-refractivity contribution in [3.05, 3.63) is 131 Å². The van der Waals surface area contributed by atoms with Crippen LogP contribution < -0.4 is 0 Å². The van der Waals surface area contributed by atoms with Gasteiger partial charge < -0.3 is 9.55 Å². The minimum atomic E-state index is 0. The summed E-state index contributed by atoms with van der Waals surface area (Å²) < 4.78 is 2.18. The molecule has 3 aromatic carbocycles. The molecule has 1 radical (unpaired) electrons. The van der Waals surface area contributed by atoms with E-state index in [0.717, 1.165) is 35.5 Å². The Balaban J connectivity index is 0.000000193. The van der Waals surface area contributed by atoms with E-state index in [9.17, 15) is 0 Å². The molecule has 0 unspecified atom stereocenters. The second-order valence-corrected chi connectivity index (χ2v) is 8.33. The zero-order chi connectivity index (χ0) is 24.9. The average Bonchev–Trinajstić information content (AvgIpc) is 3.43. The van der Waals surface area contributed by atoms with Crippen molar-refractivity contribution in [1.29, 1.82) is 0 Å². The Hall–Kier alpha value is -4.35. The standard InChI is InChI=1S/C20H12N3.C11H9N2.Ir/c1-14-12-19(16-10-7-11-18(21-2)20(16)22-3)23-13-17(14)15-8-5-4-6-9-15;1-2-4-10-9(3-1)5-7-13-8-6-12-11(10)13;/h4-9,11-13H,1H3;1-3,6,8H,5,7H2;/q2*-1;. The van der Waals surface area contributed by atoms with Gasteiger partial charge in [-0.05, 0) is 30.2 Å². The van der Waals surface area contributed by atoms with E-state index in [1.165, 1.54) is 11.1 Å². The van der Waals surface area contributed by atoms with Crippen molar-refractivity contribution >= 4 is 11.4 Å². The van der Waals surface area contributed by atoms with E-state index in [4.69, 9.17) is 13.1 Å². The van der Waals surface area contributed by atoms with Crippen molar-refractivity contribution in [2.45, 2.75) is 19.9 Å². The summed E-state index contributed by atoms with van der Waals surface area (Å²) in [7, 11) is 0. The van der Waals surface area contributed by atoms with Crippen LogP contribution in [0.2, 0.25) is 0 Å². The van der Waals surface area contributed by atoms with Crippen LogP contribution in [0.15, 0.2) is 85.3 Å². The molecule has 2 aromatic heterocycles. The summed E-state index contributed by atoms with van der Waals surface area (Å²) in [5.41, 5.74) is 7.64. The predicted octanol–water partition coefficient (Wildman–Crippen LogP) is 7.53. The van der Waals surface area contributed by atoms with E-state index in [-0.39, 0.29) is 20.1 Å². The monoisotopic (exact) mass is 656 g/mol. The number of hydrogen-bond donors (Lipinski definition) is 0. The third-order valence-corrected chi connectivity index (χ3v) is 6.14. The maximum Gasteiger partial charge on any atom is 0.176 e. The molecule has 1 aliphatic heterocycles. The van der Waals surface area contributed by atoms with Gasteiger partial charge in [0.15, 0.2) is 11.4 Å². The maximum absolute atomic E-state index is 7.34. The first-order chi connectivity index (χ1) is 17.7. The van der Waals surface area contributed by atoms with Gasteiger partial charge in [0.2, 0.25) is 0 Å². The van der Waals surface area contributed by atoms with Crippen molar-refractivity contribution in [2.24, 2.45) is 0 Å². The van der Waals surface area contributed by atoms with Crippen molar-refractivity contribution in [3.8, 4) is 33.8 Å². The molecule has 0 bridgehead atoms. The average molecular weight is 656 g/mol. The molecule has 0 fully saturated rings. The molecular weight excluding hydrogens is 635 g/mol. The number of fused-ring (bicyclic) bond motifs is 3. The smallest absolute Gasteiger partial charge is 0.176 e. The first-order valence-corrected chi connectivity index (χ1v) is 11.5. The summed E-state index contributed by atoms with van der Waals surface area (Å²) in [4.78, 5) is 15.7. The molecular formula is C31H21IrN5-2. The number of imidazole rings is 1. The normalized spacial score (nSPS) is 10.9. The Morgan fingerprint density at radius 1 is 0.919 bits per heavy atom. The van der Waals surface area contributed by atoms with E-state index in [0.29, 0.717) is 22.6 Å². The van der Waals surface area contributed by atoms with Crippen LogP contribution in [0.25, 0.3) is 43.5 Å². The molecule has 0 spiro atoms. The SMILES string of the molecule is [C-]#[N+]c1cc[c-]c(-c2cc(C)c(-c3ccccc3)cn2)c1[N+]#[C-].[Ir].[c-]1cccc2c1-c1nccn1CC2. The number of pyridine rings is 1. The Bertz CT molecular complexity index is 1620. The molecule has 181 valence electrons. The molecule has 0 atom stereocenters. The van der Waals surface area contributed by atoms with Gasteiger partial charge in [0.1, 0.15) is 0 Å². The second-order valence-electron chi connectivity index (χ2n) is 8.33. The molecule has 6 heteroatoms. The van der Waals surface area contributed by atoms with E-state index < -0.39 is 0 Å². The molecule has 6 rings (SSSR count). The molecule has 5 nitrogen and oxygen atoms in total. The summed E-state index contributed by atoms with van der Waals surface area (Å²) in [5, 5.41) is 0. The van der Waals surface area contributed by atoms with Crippen molar-refractivity contribution in [3.63, 3.8) is 0 Å². The molecule has 3 heterocycles. The van der Waals surface area contributed by atoms with Gasteiger partial charge in [0.05, 0.1) is 19.0 Å². The third-order valence-electron chi connectivity index (χ3n) is 6.14. The zero-order valence-corrected chi connectivity index (χ0v) is 22.5. The fourth-order valence-corrected chi connectivity index (χ4v) is 4.34. The number of hydrogen-bond acceptors (Lipinski definition) is 2. The first-order valence-electron chi connectivity index (χ1n) is 11.5. The van der Waals surface area contributed by atoms with Crippen LogP contribution in [0.3, 0.4) is 0 Å². The van der Waals surface area contributed by atoms with Gasteiger partial charge in [0.25, 0.3) is 0 Å². The van der Waals surface area contributed by atoms with Crippen LogP contribution in [0.5, 0.6) is 0 Å². The molecule has 0 saturated heterocycles. The third kappa shape index (κ3) is 5.27. The summed E-state index contributed by atoms with van der Waals surface area (Å²) in [6, 6.07) is 27.7. The van der Waals surface area contributed by atoms with Gasteiger partial charge in [-0.25, -0.2) is 0 Å². The number of aromatic nitrogens is 3. The Morgan fingerprint density at radius 2 is 1.73 bits per heavy atom. The van der Waals surface area contributed by atoms with E-state index in [1.807, 2.05) is 74.0 Å². The van der Waals surface area contributed by atoms with Crippen molar-refractivity contribution < 1.29 is 20.1 Å². The quantitative estimate of drug-likeness (QED) is 0.185. The number of nitrogens with zero attached hydrogens (tertiary/aromatic N) is 5. The largest absolute Gasteiger partial charge is 0.371 e. The van der Waals surface area contributed by atoms with Crippen molar-refractivity contribution in [2.75, 3.05) is 0 Å². The van der Waals surface area contributed by atoms with Gasteiger partial charge in [-0.3, -0.25) is 14.7 Å². The number of benzene rings is 3. The van der Waals surface area contributed by atoms with Gasteiger partial charge in [-0.15, -0.1) is 47.5 Å². The van der Waals surface area contributed by atoms with E-state index in [1.54, 1.807) is 12.1 Å². The summed E-state index contributed by atoms with van der Waals surface area (Å²) >= 11 is 0. The minimum Gasteiger partial charge on any atom is -0.371 e. The maximum atomic E-state index is 7.34. The molecule has 0 saturated carbocycles. The minimum absolute atomic E-state index is 0. The summed E-state index contributed by atoms with van der Waals surface area (Å²) in [6.45, 7) is 17.6. The molecule has 0 N–H and O–H groups in total. The van der Waals surface area contributed by atoms with E-state index in [2.05, 4.69) is 42.4 Å². The Labute approximate surface area is 230 Å². The zero-order valence-electron chi connectivity index (χ0n) is 20.1. The molecule has 0 amide bonds. The Morgan fingerprint density at radius 3 is 2.49 bits per heavy atom. The molecule has 1 aliphatic rings. The fraction of sp³-hybridized carbons (Fsp3) is 0.0968. The van der Waals surface area contributed by atoms with Crippen LogP contribution in [-0.4, -0.2) is 14.5 Å². The predicted molar refractivity (Wildman–Crippen MR) is 141 cm³/mol. The number of aryl methyl sites for hydroxylation is 3. The molecule has 5 aromatic rings. The topological polar surface area (TPSA) is 39.4 Å². The first kappa shape index (κ1) is 25.7. The van der Waals surface area contributed by atoms with Crippen LogP contribution >= 0.6 is 0 Å². The van der Waals surface area contributed by atoms with Crippen LogP contribution in [0, 0.1) is 32.2 Å².